The molecule has 0 aromatic heterocycles. The molecule has 2 N–H and O–H groups in total. The van der Waals surface area contributed by atoms with E-state index < -0.39 is 5.60 Å². The van der Waals surface area contributed by atoms with Gasteiger partial charge in [-0.2, -0.15) is 0 Å². The van der Waals surface area contributed by atoms with E-state index in [0.717, 1.165) is 55.3 Å². The van der Waals surface area contributed by atoms with E-state index in [0.29, 0.717) is 23.2 Å². The zero-order valence-electron chi connectivity index (χ0n) is 22.5. The quantitative estimate of drug-likeness (QED) is 0.283. The van der Waals surface area contributed by atoms with Gasteiger partial charge in [0.05, 0.1) is 11.7 Å². The van der Waals surface area contributed by atoms with Crippen LogP contribution in [0.3, 0.4) is 0 Å². The highest BCUT2D eigenvalue weighted by Gasteiger charge is 2.59. The van der Waals surface area contributed by atoms with E-state index in [9.17, 15) is 5.11 Å². The van der Waals surface area contributed by atoms with Gasteiger partial charge in [-0.3, -0.25) is 4.18 Å². The van der Waals surface area contributed by atoms with Crippen LogP contribution in [0.5, 0.6) is 0 Å². The van der Waals surface area contributed by atoms with E-state index in [2.05, 4.69) is 26.8 Å². The molecule has 4 heteroatoms. The monoisotopic (exact) mass is 480 g/mol. The lowest BCUT2D eigenvalue weighted by Crippen LogP contribution is -2.50. The van der Waals surface area contributed by atoms with Crippen molar-refractivity contribution in [3.8, 4) is 0 Å². The fourth-order valence-corrected chi connectivity index (χ4v) is 9.09. The van der Waals surface area contributed by atoms with E-state index in [4.69, 9.17) is 8.74 Å². The lowest BCUT2D eigenvalue weighted by atomic mass is 9.47. The molecule has 33 heavy (non-hydrogen) atoms. The minimum Gasteiger partial charge on any atom is -0.390 e. The van der Waals surface area contributed by atoms with E-state index in [1.54, 1.807) is 5.57 Å². The van der Waals surface area contributed by atoms with Crippen LogP contribution in [0.1, 0.15) is 119 Å². The molecule has 0 heterocycles. The van der Waals surface area contributed by atoms with Crippen LogP contribution >= 0.6 is 12.3 Å². The summed E-state index contributed by atoms with van der Waals surface area (Å²) in [5.74, 6) is 4.18. The molecule has 0 radical (unpaired) electrons. The van der Waals surface area contributed by atoms with Gasteiger partial charge in [-0.25, -0.2) is 0 Å². The lowest BCUT2D eigenvalue weighted by molar-refractivity contribution is -0.0556. The summed E-state index contributed by atoms with van der Waals surface area (Å²) < 4.78 is 14.6. The Hall–Kier alpha value is -0.0300. The molecule has 3 nitrogen and oxygen atoms in total. The Morgan fingerprint density at radius 2 is 1.85 bits per heavy atom. The molecule has 0 aliphatic heterocycles. The van der Waals surface area contributed by atoms with E-state index in [1.165, 1.54) is 44.9 Å². The largest absolute Gasteiger partial charge is 0.390 e. The van der Waals surface area contributed by atoms with Crippen LogP contribution in [-0.2, 0) is 4.18 Å². The molecule has 7 unspecified atom stereocenters. The molecule has 0 aromatic carbocycles. The van der Waals surface area contributed by atoms with Crippen molar-refractivity contribution < 1.29 is 13.8 Å². The molecular formula is C29H52O3S. The Kier molecular flexibility index (Phi) is 9.13. The minimum absolute atomic E-state index is 0.181. The first-order valence-corrected chi connectivity index (χ1v) is 14.7. The van der Waals surface area contributed by atoms with Crippen molar-refractivity contribution in [1.29, 1.82) is 0 Å². The van der Waals surface area contributed by atoms with E-state index in [-0.39, 0.29) is 6.10 Å². The van der Waals surface area contributed by atoms with Crippen molar-refractivity contribution in [3.05, 3.63) is 11.6 Å². The number of fused-ring (bicyclic) bond motifs is 5. The second kappa shape index (κ2) is 10.9. The van der Waals surface area contributed by atoms with Crippen LogP contribution < -0.4 is 0 Å². The average molecular weight is 481 g/mol. The number of rotatable bonds is 7. The zero-order chi connectivity index (χ0) is 24.4. The Labute approximate surface area is 208 Å². The van der Waals surface area contributed by atoms with Gasteiger partial charge in [0.2, 0.25) is 0 Å². The predicted molar refractivity (Wildman–Crippen MR) is 141 cm³/mol. The average Bonchev–Trinajstić information content (AvgIpc) is 3.12. The van der Waals surface area contributed by atoms with Crippen molar-refractivity contribution in [2.24, 2.45) is 40.4 Å². The summed E-state index contributed by atoms with van der Waals surface area (Å²) in [6.45, 7) is 15.6. The second-order valence-electron chi connectivity index (χ2n) is 12.7. The van der Waals surface area contributed by atoms with E-state index >= 15 is 0 Å². The van der Waals surface area contributed by atoms with Gasteiger partial charge in [-0.1, -0.05) is 59.1 Å². The second-order valence-corrected chi connectivity index (χ2v) is 13.0. The van der Waals surface area contributed by atoms with Crippen LogP contribution in [0.2, 0.25) is 0 Å². The van der Waals surface area contributed by atoms with Crippen molar-refractivity contribution in [3.63, 3.8) is 0 Å². The van der Waals surface area contributed by atoms with E-state index in [1.807, 2.05) is 27.7 Å². The minimum atomic E-state index is -0.526. The molecular weight excluding hydrogens is 428 g/mol. The van der Waals surface area contributed by atoms with Crippen molar-refractivity contribution in [2.45, 2.75) is 131 Å². The van der Waals surface area contributed by atoms with Gasteiger partial charge in [0.1, 0.15) is 0 Å². The first kappa shape index (κ1) is 27.6. The molecule has 3 fully saturated rings. The number of allylic oxidation sites excluding steroid dienone is 1. The van der Waals surface area contributed by atoms with Crippen LogP contribution in [0.4, 0.5) is 0 Å². The maximum atomic E-state index is 10.1. The highest BCUT2D eigenvalue weighted by Crippen LogP contribution is 2.67. The molecule has 8 atom stereocenters. The first-order valence-electron chi connectivity index (χ1n) is 14.0. The number of aliphatic hydroxyl groups is 1. The van der Waals surface area contributed by atoms with Gasteiger partial charge in [0.25, 0.3) is 0 Å². The van der Waals surface area contributed by atoms with Gasteiger partial charge in [-0.15, -0.1) is 0 Å². The van der Waals surface area contributed by atoms with Gasteiger partial charge in [-0.05, 0) is 112 Å². The molecule has 0 bridgehead atoms. The Morgan fingerprint density at radius 1 is 1.12 bits per heavy atom. The van der Waals surface area contributed by atoms with Gasteiger partial charge in [0.15, 0.2) is 12.3 Å². The summed E-state index contributed by atoms with van der Waals surface area (Å²) in [5, 5.41) is 10.1. The molecule has 0 spiro atoms. The normalized spacial score (nSPS) is 41.1. The molecule has 192 valence electrons. The molecule has 0 amide bonds. The van der Waals surface area contributed by atoms with Crippen LogP contribution in [0, 0.1) is 40.4 Å². The fraction of sp³-hybridized carbons (Fsp3) is 0.931. The summed E-state index contributed by atoms with van der Waals surface area (Å²) in [7, 11) is 0. The highest BCUT2D eigenvalue weighted by molar-refractivity contribution is 7.88. The van der Waals surface area contributed by atoms with Gasteiger partial charge >= 0.3 is 0 Å². The fourth-order valence-electron chi connectivity index (χ4n) is 8.80. The maximum Gasteiger partial charge on any atom is 0.155 e. The first-order chi connectivity index (χ1) is 15.6. The molecule has 3 saturated carbocycles. The molecule has 0 saturated heterocycles. The third-order valence-electron chi connectivity index (χ3n) is 10.4. The van der Waals surface area contributed by atoms with Crippen molar-refractivity contribution in [2.75, 3.05) is 0 Å². The van der Waals surface area contributed by atoms with Gasteiger partial charge < -0.3 is 9.66 Å². The van der Waals surface area contributed by atoms with Crippen LogP contribution in [0.25, 0.3) is 0 Å². The summed E-state index contributed by atoms with van der Waals surface area (Å²) in [6.07, 6.45) is 16.3. The standard InChI is InChI=1S/C27H46O3S.C2H6/c1-18(7-6-14-25(2,3)28)22-10-11-23-21-9-8-19-17-20(30-31-29)12-15-26(19,4)24(21)13-16-27(22,23)5;1-2/h8,18,20-24,28-29H,6-7,9-17H2,1-5H3;1-2H3/t18-,20?,21?,22?,23?,24?,26?,27?;/m1./s1. The van der Waals surface area contributed by atoms with Crippen molar-refractivity contribution in [1.82, 2.24) is 0 Å². The SMILES string of the molecule is CC.C[C@H](CCCC(C)(C)O)C1CCC2C3CC=C4CC(OSO)CCC4(C)C3CCC21C. The highest BCUT2D eigenvalue weighted by atomic mass is 32.2. The van der Waals surface area contributed by atoms with Gasteiger partial charge in [0, 0.05) is 0 Å². The number of hydrogen-bond acceptors (Lipinski definition) is 4. The smallest absolute Gasteiger partial charge is 0.155 e. The molecule has 0 aromatic rings. The Balaban J connectivity index is 0.00000149. The predicted octanol–water partition coefficient (Wildman–Crippen LogP) is 8.68. The molecule has 4 rings (SSSR count). The Morgan fingerprint density at radius 3 is 2.52 bits per heavy atom. The molecule has 4 aliphatic carbocycles. The third-order valence-corrected chi connectivity index (χ3v) is 10.8. The third kappa shape index (κ3) is 5.54. The molecule has 4 aliphatic rings. The van der Waals surface area contributed by atoms with Crippen molar-refractivity contribution >= 4 is 12.3 Å². The maximum absolute atomic E-state index is 10.1. The topological polar surface area (TPSA) is 49.7 Å². The lowest BCUT2D eigenvalue weighted by Gasteiger charge is -2.58. The summed E-state index contributed by atoms with van der Waals surface area (Å²) in [4.78, 5) is 0. The van der Waals surface area contributed by atoms with Crippen LogP contribution in [0.15, 0.2) is 11.6 Å². The van der Waals surface area contributed by atoms with Crippen LogP contribution in [-0.4, -0.2) is 21.4 Å². The Bertz CT molecular complexity index is 670. The summed E-state index contributed by atoms with van der Waals surface area (Å²) in [6, 6.07) is 0. The zero-order valence-corrected chi connectivity index (χ0v) is 23.3. The summed E-state index contributed by atoms with van der Waals surface area (Å²) >= 11 is 0.550. The number of hydrogen-bond donors (Lipinski definition) is 2. The summed E-state index contributed by atoms with van der Waals surface area (Å²) in [5.41, 5.74) is 1.95.